The maximum atomic E-state index is 12.8. The van der Waals surface area contributed by atoms with E-state index in [-0.39, 0.29) is 11.8 Å². The summed E-state index contributed by atoms with van der Waals surface area (Å²) in [4.78, 5) is 29.1. The summed E-state index contributed by atoms with van der Waals surface area (Å²) in [7, 11) is 0. The van der Waals surface area contributed by atoms with Gasteiger partial charge in [0.05, 0.1) is 17.8 Å². The summed E-state index contributed by atoms with van der Waals surface area (Å²) < 4.78 is 0. The van der Waals surface area contributed by atoms with Gasteiger partial charge in [0, 0.05) is 16.6 Å². The first-order valence-electron chi connectivity index (χ1n) is 10.1. The molecule has 1 aliphatic heterocycles. The Morgan fingerprint density at radius 1 is 1.07 bits per heavy atom. The van der Waals surface area contributed by atoms with E-state index in [1.807, 2.05) is 37.3 Å². The second-order valence-electron chi connectivity index (χ2n) is 7.56. The van der Waals surface area contributed by atoms with E-state index in [2.05, 4.69) is 33.0 Å². The molecule has 1 aromatic heterocycles. The molecule has 6 heteroatoms. The number of nitrogens with one attached hydrogen (secondary N) is 2. The number of benzene rings is 2. The first-order chi connectivity index (χ1) is 14.6. The van der Waals surface area contributed by atoms with Crippen molar-refractivity contribution in [1.29, 1.82) is 0 Å². The van der Waals surface area contributed by atoms with Gasteiger partial charge in [-0.15, -0.1) is 11.3 Å². The smallest absolute Gasteiger partial charge is 0.257 e. The number of rotatable bonds is 6. The van der Waals surface area contributed by atoms with Gasteiger partial charge in [0.1, 0.15) is 0 Å². The molecule has 4 rings (SSSR count). The van der Waals surface area contributed by atoms with Crippen molar-refractivity contribution in [1.82, 2.24) is 4.90 Å². The number of para-hydroxylation sites is 1. The molecular formula is C24H25N3O2S. The van der Waals surface area contributed by atoms with Crippen LogP contribution in [0.4, 0.5) is 11.4 Å². The molecule has 2 heterocycles. The minimum atomic E-state index is -0.242. The standard InChI is InChI=1S/C24H25N3O2S/c1-17-7-4-8-18(15-17)25-24(29)19-9-2-3-10-20(19)26-23(28)16-27-13-5-11-21(27)22-12-6-14-30-22/h2-4,6-10,12,14-15,21H,5,11,13,16H2,1H3,(H,25,29)(H,26,28)/t21-/m1/s1. The molecule has 3 aromatic rings. The molecular weight excluding hydrogens is 394 g/mol. The molecule has 1 fully saturated rings. The van der Waals surface area contributed by atoms with Crippen molar-refractivity contribution in [3.05, 3.63) is 82.0 Å². The lowest BCUT2D eigenvalue weighted by Gasteiger charge is -2.23. The molecule has 0 saturated carbocycles. The van der Waals surface area contributed by atoms with Crippen LogP contribution in [0.3, 0.4) is 0 Å². The number of hydrogen-bond donors (Lipinski definition) is 2. The number of likely N-dealkylation sites (tertiary alicyclic amines) is 1. The van der Waals surface area contributed by atoms with Crippen molar-refractivity contribution in [2.24, 2.45) is 0 Å². The number of anilines is 2. The molecule has 0 radical (unpaired) electrons. The maximum Gasteiger partial charge on any atom is 0.257 e. The summed E-state index contributed by atoms with van der Waals surface area (Å²) in [6.07, 6.45) is 2.16. The van der Waals surface area contributed by atoms with Gasteiger partial charge in [-0.05, 0) is 67.6 Å². The summed E-state index contributed by atoms with van der Waals surface area (Å²) in [5.74, 6) is -0.344. The minimum Gasteiger partial charge on any atom is -0.324 e. The van der Waals surface area contributed by atoms with Crippen LogP contribution in [0.2, 0.25) is 0 Å². The van der Waals surface area contributed by atoms with E-state index in [0.717, 1.165) is 30.6 Å². The van der Waals surface area contributed by atoms with E-state index >= 15 is 0 Å². The normalized spacial score (nSPS) is 16.4. The van der Waals surface area contributed by atoms with Gasteiger partial charge < -0.3 is 10.6 Å². The van der Waals surface area contributed by atoms with Crippen LogP contribution in [-0.4, -0.2) is 29.8 Å². The number of carbonyl (C=O) groups is 2. The van der Waals surface area contributed by atoms with Crippen LogP contribution >= 0.6 is 11.3 Å². The number of carbonyl (C=O) groups excluding carboxylic acids is 2. The highest BCUT2D eigenvalue weighted by atomic mass is 32.1. The Labute approximate surface area is 180 Å². The molecule has 2 aromatic carbocycles. The molecule has 1 saturated heterocycles. The lowest BCUT2D eigenvalue weighted by Crippen LogP contribution is -2.33. The number of amides is 2. The summed E-state index contributed by atoms with van der Waals surface area (Å²) >= 11 is 1.74. The molecule has 1 atom stereocenters. The molecule has 0 spiro atoms. The van der Waals surface area contributed by atoms with Gasteiger partial charge in [-0.1, -0.05) is 30.3 Å². The van der Waals surface area contributed by atoms with E-state index in [0.29, 0.717) is 23.8 Å². The Balaban J connectivity index is 1.43. The van der Waals surface area contributed by atoms with E-state index in [1.165, 1.54) is 4.88 Å². The van der Waals surface area contributed by atoms with Crippen LogP contribution in [0.15, 0.2) is 66.0 Å². The number of thiophene rings is 1. The maximum absolute atomic E-state index is 12.8. The van der Waals surface area contributed by atoms with Gasteiger partial charge in [-0.3, -0.25) is 14.5 Å². The lowest BCUT2D eigenvalue weighted by atomic mass is 10.1. The van der Waals surface area contributed by atoms with Crippen molar-refractivity contribution in [2.45, 2.75) is 25.8 Å². The molecule has 0 unspecified atom stereocenters. The Kier molecular flexibility index (Phi) is 6.26. The molecule has 2 N–H and O–H groups in total. The molecule has 0 aliphatic carbocycles. The van der Waals surface area contributed by atoms with E-state index in [9.17, 15) is 9.59 Å². The fraction of sp³-hybridized carbons (Fsp3) is 0.250. The monoisotopic (exact) mass is 419 g/mol. The fourth-order valence-corrected chi connectivity index (χ4v) is 4.80. The predicted octanol–water partition coefficient (Wildman–Crippen LogP) is 5.08. The highest BCUT2D eigenvalue weighted by Gasteiger charge is 2.28. The van der Waals surface area contributed by atoms with Crippen LogP contribution in [0.5, 0.6) is 0 Å². The molecule has 30 heavy (non-hydrogen) atoms. The Hall–Kier alpha value is -2.96. The quantitative estimate of drug-likeness (QED) is 0.585. The summed E-state index contributed by atoms with van der Waals surface area (Å²) in [5.41, 5.74) is 2.78. The first-order valence-corrected chi connectivity index (χ1v) is 11.0. The van der Waals surface area contributed by atoms with Crippen LogP contribution < -0.4 is 10.6 Å². The summed E-state index contributed by atoms with van der Waals surface area (Å²) in [5, 5.41) is 7.93. The summed E-state index contributed by atoms with van der Waals surface area (Å²) in [6, 6.07) is 19.3. The minimum absolute atomic E-state index is 0.103. The average Bonchev–Trinajstić information content (AvgIpc) is 3.40. The SMILES string of the molecule is Cc1cccc(NC(=O)c2ccccc2NC(=O)CN2CCC[C@@H]2c2cccs2)c1. The Morgan fingerprint density at radius 2 is 1.93 bits per heavy atom. The average molecular weight is 420 g/mol. The third-order valence-electron chi connectivity index (χ3n) is 5.30. The molecule has 2 amide bonds. The molecule has 5 nitrogen and oxygen atoms in total. The van der Waals surface area contributed by atoms with Gasteiger partial charge in [0.15, 0.2) is 0 Å². The zero-order chi connectivity index (χ0) is 20.9. The van der Waals surface area contributed by atoms with E-state index < -0.39 is 0 Å². The number of hydrogen-bond acceptors (Lipinski definition) is 4. The van der Waals surface area contributed by atoms with Crippen molar-refractivity contribution in [3.63, 3.8) is 0 Å². The van der Waals surface area contributed by atoms with Crippen LogP contribution in [0.1, 0.15) is 39.7 Å². The zero-order valence-electron chi connectivity index (χ0n) is 16.9. The molecule has 0 bridgehead atoms. The number of nitrogens with zero attached hydrogens (tertiary/aromatic N) is 1. The van der Waals surface area contributed by atoms with Crippen LogP contribution in [0, 0.1) is 6.92 Å². The van der Waals surface area contributed by atoms with Crippen molar-refractivity contribution in [2.75, 3.05) is 23.7 Å². The lowest BCUT2D eigenvalue weighted by molar-refractivity contribution is -0.117. The van der Waals surface area contributed by atoms with Gasteiger partial charge in [-0.2, -0.15) is 0 Å². The van der Waals surface area contributed by atoms with Gasteiger partial charge >= 0.3 is 0 Å². The number of aryl methyl sites for hydroxylation is 1. The van der Waals surface area contributed by atoms with Crippen molar-refractivity contribution >= 4 is 34.5 Å². The Morgan fingerprint density at radius 3 is 2.73 bits per heavy atom. The van der Waals surface area contributed by atoms with Gasteiger partial charge in [0.2, 0.25) is 5.91 Å². The van der Waals surface area contributed by atoms with Crippen molar-refractivity contribution < 1.29 is 9.59 Å². The van der Waals surface area contributed by atoms with Gasteiger partial charge in [0.25, 0.3) is 5.91 Å². The third kappa shape index (κ3) is 4.78. The van der Waals surface area contributed by atoms with E-state index in [1.54, 1.807) is 29.5 Å². The predicted molar refractivity (Wildman–Crippen MR) is 122 cm³/mol. The highest BCUT2D eigenvalue weighted by Crippen LogP contribution is 2.34. The van der Waals surface area contributed by atoms with E-state index in [4.69, 9.17) is 0 Å². The summed E-state index contributed by atoms with van der Waals surface area (Å²) in [6.45, 7) is 3.20. The second kappa shape index (κ2) is 9.24. The third-order valence-corrected chi connectivity index (χ3v) is 6.28. The topological polar surface area (TPSA) is 61.4 Å². The van der Waals surface area contributed by atoms with Crippen LogP contribution in [0.25, 0.3) is 0 Å². The fourth-order valence-electron chi connectivity index (χ4n) is 3.90. The second-order valence-corrected chi connectivity index (χ2v) is 8.54. The highest BCUT2D eigenvalue weighted by molar-refractivity contribution is 7.10. The first kappa shape index (κ1) is 20.3. The van der Waals surface area contributed by atoms with Crippen molar-refractivity contribution in [3.8, 4) is 0 Å². The largest absolute Gasteiger partial charge is 0.324 e. The zero-order valence-corrected chi connectivity index (χ0v) is 17.7. The van der Waals surface area contributed by atoms with Crippen LogP contribution in [-0.2, 0) is 4.79 Å². The van der Waals surface area contributed by atoms with Gasteiger partial charge in [-0.25, -0.2) is 0 Å². The Bertz CT molecular complexity index is 1030. The molecule has 154 valence electrons. The molecule has 1 aliphatic rings.